The van der Waals surface area contributed by atoms with Crippen LogP contribution in [0.25, 0.3) is 0 Å². The number of nitrogens with two attached hydrogens (primary N) is 2. The summed E-state index contributed by atoms with van der Waals surface area (Å²) in [5.74, 6) is 0. The van der Waals surface area contributed by atoms with Gasteiger partial charge in [-0.25, -0.2) is 0 Å². The molecule has 0 heterocycles. The minimum atomic E-state index is -4.31. The molecule has 0 amide bonds. The lowest BCUT2D eigenvalue weighted by Crippen LogP contribution is -2.34. The van der Waals surface area contributed by atoms with E-state index in [0.29, 0.717) is 0 Å². The van der Waals surface area contributed by atoms with E-state index in [1.807, 2.05) is 0 Å². The highest BCUT2D eigenvalue weighted by molar-refractivity contribution is 7.86. The van der Waals surface area contributed by atoms with Gasteiger partial charge in [0.15, 0.2) is 0 Å². The molecule has 0 aliphatic carbocycles. The molecule has 0 aromatic carbocycles. The fourth-order valence-corrected chi connectivity index (χ4v) is 2.50. The Hall–Kier alpha value is -0.260. The second-order valence-corrected chi connectivity index (χ2v) is 6.72. The van der Waals surface area contributed by atoms with Crippen molar-refractivity contribution in [2.45, 2.75) is 23.3 Å². The van der Waals surface area contributed by atoms with Gasteiger partial charge >= 0.3 is 0 Å². The van der Waals surface area contributed by atoms with Crippen LogP contribution < -0.4 is 11.5 Å². The molecule has 8 nitrogen and oxygen atoms in total. The molecule has 0 aliphatic rings. The molecule has 0 saturated carbocycles. The Balaban J connectivity index is 4.54. The van der Waals surface area contributed by atoms with Gasteiger partial charge < -0.3 is 11.5 Å². The fraction of sp³-hybridized carbons (Fsp3) is 1.00. The number of hydrogen-bond acceptors (Lipinski definition) is 6. The summed E-state index contributed by atoms with van der Waals surface area (Å²) in [5.41, 5.74) is 10.2. The first-order chi connectivity index (χ1) is 7.12. The molecule has 0 spiro atoms. The van der Waals surface area contributed by atoms with E-state index in [4.69, 9.17) is 20.6 Å². The van der Waals surface area contributed by atoms with Gasteiger partial charge in [-0.1, -0.05) is 0 Å². The fourth-order valence-electron chi connectivity index (χ4n) is 1.15. The summed E-state index contributed by atoms with van der Waals surface area (Å²) in [6.07, 6.45) is -0.367. The van der Waals surface area contributed by atoms with Crippen molar-refractivity contribution in [3.05, 3.63) is 0 Å². The van der Waals surface area contributed by atoms with Gasteiger partial charge in [0.25, 0.3) is 20.2 Å². The Morgan fingerprint density at radius 3 is 1.19 bits per heavy atom. The van der Waals surface area contributed by atoms with Gasteiger partial charge in [0.2, 0.25) is 0 Å². The lowest BCUT2D eigenvalue weighted by molar-refractivity contribution is 0.444. The summed E-state index contributed by atoms with van der Waals surface area (Å²) < 4.78 is 60.4. The van der Waals surface area contributed by atoms with Crippen LogP contribution in [0.3, 0.4) is 0 Å². The third kappa shape index (κ3) is 5.18. The monoisotopic (exact) mass is 276 g/mol. The van der Waals surface area contributed by atoms with Crippen LogP contribution in [-0.4, -0.2) is 49.5 Å². The van der Waals surface area contributed by atoms with E-state index in [1.165, 1.54) is 0 Å². The minimum Gasteiger partial charge on any atom is -0.329 e. The third-order valence-corrected chi connectivity index (χ3v) is 4.72. The zero-order valence-corrected chi connectivity index (χ0v) is 10.1. The molecule has 0 aromatic rings. The molecule has 16 heavy (non-hydrogen) atoms. The van der Waals surface area contributed by atoms with Gasteiger partial charge in [-0.3, -0.25) is 9.11 Å². The third-order valence-electron chi connectivity index (χ3n) is 2.18. The van der Waals surface area contributed by atoms with Crippen molar-refractivity contribution in [3.8, 4) is 0 Å². The average Bonchev–Trinajstić information content (AvgIpc) is 2.08. The van der Waals surface area contributed by atoms with Gasteiger partial charge in [-0.15, -0.1) is 0 Å². The van der Waals surface area contributed by atoms with Crippen LogP contribution in [0.4, 0.5) is 0 Å². The van der Waals surface area contributed by atoms with Crippen LogP contribution in [0.1, 0.15) is 12.8 Å². The molecule has 2 unspecified atom stereocenters. The quantitative estimate of drug-likeness (QED) is 0.396. The molecular formula is C6H16N2O6S2. The average molecular weight is 276 g/mol. The second kappa shape index (κ2) is 5.89. The van der Waals surface area contributed by atoms with Crippen LogP contribution in [0.15, 0.2) is 0 Å². The predicted octanol–water partition coefficient (Wildman–Crippen LogP) is -1.80. The summed E-state index contributed by atoms with van der Waals surface area (Å²) >= 11 is 0. The van der Waals surface area contributed by atoms with E-state index in [1.54, 1.807) is 0 Å². The highest BCUT2D eigenvalue weighted by Gasteiger charge is 2.27. The normalized spacial score (nSPS) is 17.0. The maximum atomic E-state index is 10.7. The smallest absolute Gasteiger partial charge is 0.269 e. The molecule has 0 radical (unpaired) electrons. The molecule has 98 valence electrons. The van der Waals surface area contributed by atoms with Crippen molar-refractivity contribution in [3.63, 3.8) is 0 Å². The van der Waals surface area contributed by atoms with Crippen LogP contribution in [-0.2, 0) is 20.2 Å². The first-order valence-corrected chi connectivity index (χ1v) is 7.46. The van der Waals surface area contributed by atoms with E-state index < -0.39 is 30.7 Å². The molecule has 0 bridgehead atoms. The van der Waals surface area contributed by atoms with Crippen LogP contribution >= 0.6 is 0 Å². The summed E-state index contributed by atoms with van der Waals surface area (Å²) in [6.45, 7) is -0.663. The molecule has 6 N–H and O–H groups in total. The van der Waals surface area contributed by atoms with Crippen molar-refractivity contribution < 1.29 is 25.9 Å². The van der Waals surface area contributed by atoms with E-state index in [2.05, 4.69) is 0 Å². The Morgan fingerprint density at radius 2 is 1.06 bits per heavy atom. The minimum absolute atomic E-state index is 0.184. The van der Waals surface area contributed by atoms with Gasteiger partial charge in [0.1, 0.15) is 0 Å². The van der Waals surface area contributed by atoms with Crippen molar-refractivity contribution in [2.24, 2.45) is 11.5 Å². The SMILES string of the molecule is NCC(CCC(CN)S(=O)(=O)O)S(=O)(=O)O. The van der Waals surface area contributed by atoms with Crippen molar-refractivity contribution >= 4 is 20.2 Å². The van der Waals surface area contributed by atoms with E-state index in [-0.39, 0.29) is 25.9 Å². The summed E-state index contributed by atoms with van der Waals surface area (Å²) in [4.78, 5) is 0. The summed E-state index contributed by atoms with van der Waals surface area (Å²) in [7, 11) is -8.61. The zero-order valence-electron chi connectivity index (χ0n) is 8.48. The first-order valence-electron chi connectivity index (χ1n) is 4.45. The molecular weight excluding hydrogens is 260 g/mol. The topological polar surface area (TPSA) is 161 Å². The predicted molar refractivity (Wildman–Crippen MR) is 58.0 cm³/mol. The van der Waals surface area contributed by atoms with E-state index in [0.717, 1.165) is 0 Å². The Morgan fingerprint density at radius 1 is 0.812 bits per heavy atom. The maximum absolute atomic E-state index is 10.7. The molecule has 0 rings (SSSR count). The lowest BCUT2D eigenvalue weighted by atomic mass is 10.2. The highest BCUT2D eigenvalue weighted by Crippen LogP contribution is 2.12. The standard InChI is InChI=1S/C6H16N2O6S2/c7-3-5(15(9,10)11)1-2-6(4-8)16(12,13)14/h5-6H,1-4,7-8H2,(H,9,10,11)(H,12,13,14). The molecule has 2 atom stereocenters. The molecule has 10 heteroatoms. The van der Waals surface area contributed by atoms with Crippen LogP contribution in [0.5, 0.6) is 0 Å². The van der Waals surface area contributed by atoms with Crippen LogP contribution in [0.2, 0.25) is 0 Å². The highest BCUT2D eigenvalue weighted by atomic mass is 32.2. The summed E-state index contributed by atoms with van der Waals surface area (Å²) in [6, 6.07) is 0. The van der Waals surface area contributed by atoms with Crippen molar-refractivity contribution in [2.75, 3.05) is 13.1 Å². The van der Waals surface area contributed by atoms with E-state index in [9.17, 15) is 16.8 Å². The number of rotatable bonds is 7. The van der Waals surface area contributed by atoms with Crippen LogP contribution in [0, 0.1) is 0 Å². The molecule has 0 fully saturated rings. The Bertz CT molecular complexity index is 363. The Labute approximate surface area is 94.5 Å². The molecule has 0 aliphatic heterocycles. The number of hydrogen-bond donors (Lipinski definition) is 4. The van der Waals surface area contributed by atoms with Gasteiger partial charge in [-0.2, -0.15) is 16.8 Å². The summed E-state index contributed by atoms with van der Waals surface area (Å²) in [5, 5.41) is -2.49. The lowest BCUT2D eigenvalue weighted by Gasteiger charge is -2.15. The van der Waals surface area contributed by atoms with Gasteiger partial charge in [0, 0.05) is 13.1 Å². The maximum Gasteiger partial charge on any atom is 0.269 e. The zero-order chi connectivity index (χ0) is 13.0. The van der Waals surface area contributed by atoms with E-state index >= 15 is 0 Å². The van der Waals surface area contributed by atoms with Gasteiger partial charge in [-0.05, 0) is 12.8 Å². The molecule has 0 aromatic heterocycles. The largest absolute Gasteiger partial charge is 0.329 e. The molecule has 0 saturated heterocycles. The Kier molecular flexibility index (Phi) is 5.79. The van der Waals surface area contributed by atoms with Crippen molar-refractivity contribution in [1.82, 2.24) is 0 Å². The first kappa shape index (κ1) is 15.7. The second-order valence-electron chi connectivity index (χ2n) is 3.32. The van der Waals surface area contributed by atoms with Crippen molar-refractivity contribution in [1.29, 1.82) is 0 Å². The van der Waals surface area contributed by atoms with Gasteiger partial charge in [0.05, 0.1) is 10.5 Å².